The zero-order valence-electron chi connectivity index (χ0n) is 11.6. The Labute approximate surface area is 118 Å². The van der Waals surface area contributed by atoms with Crippen LogP contribution in [0.3, 0.4) is 0 Å². The van der Waals surface area contributed by atoms with E-state index in [1.165, 1.54) is 0 Å². The Morgan fingerprint density at radius 2 is 2.15 bits per heavy atom. The van der Waals surface area contributed by atoms with Gasteiger partial charge in [-0.05, 0) is 36.8 Å². The minimum Gasteiger partial charge on any atom is -0.397 e. The van der Waals surface area contributed by atoms with E-state index in [0.717, 1.165) is 16.9 Å². The highest BCUT2D eigenvalue weighted by Gasteiger charge is 2.07. The van der Waals surface area contributed by atoms with Gasteiger partial charge in [0.1, 0.15) is 0 Å². The van der Waals surface area contributed by atoms with E-state index in [1.54, 1.807) is 31.4 Å². The van der Waals surface area contributed by atoms with Gasteiger partial charge in [0, 0.05) is 18.8 Å². The zero-order valence-corrected chi connectivity index (χ0v) is 11.6. The summed E-state index contributed by atoms with van der Waals surface area (Å²) in [6.07, 6.45) is 1.76. The SMILES string of the molecule is CNC(=O)c1ccc(N)c(NCc2ncccc2C)c1. The summed E-state index contributed by atoms with van der Waals surface area (Å²) >= 11 is 0. The summed E-state index contributed by atoms with van der Waals surface area (Å²) in [6.45, 7) is 2.57. The number of aromatic nitrogens is 1. The number of hydrogen-bond donors (Lipinski definition) is 3. The largest absolute Gasteiger partial charge is 0.397 e. The van der Waals surface area contributed by atoms with Crippen molar-refractivity contribution in [1.29, 1.82) is 0 Å². The molecule has 0 atom stereocenters. The molecule has 4 N–H and O–H groups in total. The minimum atomic E-state index is -0.137. The number of aryl methyl sites for hydroxylation is 1. The molecule has 0 saturated heterocycles. The molecule has 0 spiro atoms. The number of anilines is 2. The van der Waals surface area contributed by atoms with Gasteiger partial charge in [-0.25, -0.2) is 0 Å². The lowest BCUT2D eigenvalue weighted by atomic mass is 10.1. The van der Waals surface area contributed by atoms with Crippen molar-refractivity contribution in [2.75, 3.05) is 18.1 Å². The fourth-order valence-electron chi connectivity index (χ4n) is 1.88. The lowest BCUT2D eigenvalue weighted by molar-refractivity contribution is 0.0963. The molecule has 104 valence electrons. The zero-order chi connectivity index (χ0) is 14.5. The van der Waals surface area contributed by atoms with Crippen LogP contribution in [0.5, 0.6) is 0 Å². The third-order valence-electron chi connectivity index (χ3n) is 3.11. The van der Waals surface area contributed by atoms with Gasteiger partial charge >= 0.3 is 0 Å². The first-order chi connectivity index (χ1) is 9.61. The van der Waals surface area contributed by atoms with E-state index in [2.05, 4.69) is 15.6 Å². The van der Waals surface area contributed by atoms with Gasteiger partial charge in [0.15, 0.2) is 0 Å². The van der Waals surface area contributed by atoms with Crippen LogP contribution < -0.4 is 16.4 Å². The molecule has 1 aromatic carbocycles. The lowest BCUT2D eigenvalue weighted by Gasteiger charge is -2.11. The number of rotatable bonds is 4. The first kappa shape index (κ1) is 13.9. The van der Waals surface area contributed by atoms with Crippen LogP contribution in [0, 0.1) is 6.92 Å². The molecule has 0 unspecified atom stereocenters. The molecule has 0 aliphatic heterocycles. The van der Waals surface area contributed by atoms with E-state index in [1.807, 2.05) is 19.1 Å². The molecular weight excluding hydrogens is 252 g/mol. The second-order valence-electron chi connectivity index (χ2n) is 4.50. The highest BCUT2D eigenvalue weighted by Crippen LogP contribution is 2.21. The number of nitrogens with one attached hydrogen (secondary N) is 2. The van der Waals surface area contributed by atoms with Gasteiger partial charge in [0.25, 0.3) is 5.91 Å². The predicted octanol–water partition coefficient (Wildman–Crippen LogP) is 1.94. The van der Waals surface area contributed by atoms with Crippen molar-refractivity contribution in [2.24, 2.45) is 0 Å². The molecule has 2 rings (SSSR count). The van der Waals surface area contributed by atoms with E-state index >= 15 is 0 Å². The van der Waals surface area contributed by atoms with Crippen LogP contribution in [-0.2, 0) is 6.54 Å². The quantitative estimate of drug-likeness (QED) is 0.742. The van der Waals surface area contributed by atoms with Crippen molar-refractivity contribution < 1.29 is 4.79 Å². The predicted molar refractivity (Wildman–Crippen MR) is 80.5 cm³/mol. The van der Waals surface area contributed by atoms with Gasteiger partial charge in [0.2, 0.25) is 0 Å². The van der Waals surface area contributed by atoms with Crippen molar-refractivity contribution in [1.82, 2.24) is 10.3 Å². The second-order valence-corrected chi connectivity index (χ2v) is 4.50. The van der Waals surface area contributed by atoms with Crippen molar-refractivity contribution >= 4 is 17.3 Å². The van der Waals surface area contributed by atoms with Gasteiger partial charge in [-0.2, -0.15) is 0 Å². The number of nitrogens with two attached hydrogens (primary N) is 1. The van der Waals surface area contributed by atoms with Gasteiger partial charge in [0.05, 0.1) is 23.6 Å². The topological polar surface area (TPSA) is 80.0 Å². The Bertz CT molecular complexity index is 625. The normalized spacial score (nSPS) is 10.1. The van der Waals surface area contributed by atoms with Crippen LogP contribution in [0.1, 0.15) is 21.6 Å². The summed E-state index contributed by atoms with van der Waals surface area (Å²) in [5, 5.41) is 5.81. The molecular formula is C15H18N4O. The number of hydrogen-bond acceptors (Lipinski definition) is 4. The molecule has 1 amide bonds. The van der Waals surface area contributed by atoms with Crippen LogP contribution in [0.25, 0.3) is 0 Å². The number of carbonyl (C=O) groups is 1. The molecule has 0 bridgehead atoms. The lowest BCUT2D eigenvalue weighted by Crippen LogP contribution is -2.18. The summed E-state index contributed by atoms with van der Waals surface area (Å²) < 4.78 is 0. The molecule has 5 heteroatoms. The second kappa shape index (κ2) is 6.06. The highest BCUT2D eigenvalue weighted by atomic mass is 16.1. The molecule has 5 nitrogen and oxygen atoms in total. The third-order valence-corrected chi connectivity index (χ3v) is 3.11. The van der Waals surface area contributed by atoms with E-state index in [9.17, 15) is 4.79 Å². The van der Waals surface area contributed by atoms with E-state index in [0.29, 0.717) is 17.8 Å². The van der Waals surface area contributed by atoms with Crippen molar-refractivity contribution in [3.63, 3.8) is 0 Å². The summed E-state index contributed by atoms with van der Waals surface area (Å²) in [7, 11) is 1.60. The van der Waals surface area contributed by atoms with E-state index in [4.69, 9.17) is 5.73 Å². The van der Waals surface area contributed by atoms with Crippen molar-refractivity contribution in [3.05, 3.63) is 53.3 Å². The third kappa shape index (κ3) is 3.06. The number of benzene rings is 1. The maximum atomic E-state index is 11.6. The molecule has 0 radical (unpaired) electrons. The summed E-state index contributed by atoms with van der Waals surface area (Å²) in [4.78, 5) is 15.9. The molecule has 0 aliphatic rings. The van der Waals surface area contributed by atoms with Crippen LogP contribution >= 0.6 is 0 Å². The molecule has 0 fully saturated rings. The first-order valence-corrected chi connectivity index (χ1v) is 6.38. The fraction of sp³-hybridized carbons (Fsp3) is 0.200. The molecule has 1 heterocycles. The molecule has 2 aromatic rings. The van der Waals surface area contributed by atoms with E-state index < -0.39 is 0 Å². The maximum absolute atomic E-state index is 11.6. The monoisotopic (exact) mass is 270 g/mol. The molecule has 0 saturated carbocycles. The Morgan fingerprint density at radius 1 is 1.35 bits per heavy atom. The van der Waals surface area contributed by atoms with Crippen molar-refractivity contribution in [3.8, 4) is 0 Å². The van der Waals surface area contributed by atoms with Crippen molar-refractivity contribution in [2.45, 2.75) is 13.5 Å². The highest BCUT2D eigenvalue weighted by molar-refractivity contribution is 5.96. The molecule has 20 heavy (non-hydrogen) atoms. The first-order valence-electron chi connectivity index (χ1n) is 6.38. The van der Waals surface area contributed by atoms with E-state index in [-0.39, 0.29) is 5.91 Å². The number of amides is 1. The van der Waals surface area contributed by atoms with Crippen LogP contribution in [0.2, 0.25) is 0 Å². The Kier molecular flexibility index (Phi) is 4.20. The molecule has 1 aromatic heterocycles. The Balaban J connectivity index is 2.17. The number of pyridine rings is 1. The Morgan fingerprint density at radius 3 is 2.85 bits per heavy atom. The number of nitrogen functional groups attached to an aromatic ring is 1. The van der Waals surface area contributed by atoms with Crippen LogP contribution in [-0.4, -0.2) is 17.9 Å². The average Bonchev–Trinajstić information content (AvgIpc) is 2.47. The summed E-state index contributed by atoms with van der Waals surface area (Å²) in [5.74, 6) is -0.137. The minimum absolute atomic E-state index is 0.137. The number of nitrogens with zero attached hydrogens (tertiary/aromatic N) is 1. The Hall–Kier alpha value is -2.56. The summed E-state index contributed by atoms with van der Waals surface area (Å²) in [5.41, 5.74) is 9.89. The maximum Gasteiger partial charge on any atom is 0.251 e. The van der Waals surface area contributed by atoms with Crippen LogP contribution in [0.4, 0.5) is 11.4 Å². The fourth-order valence-corrected chi connectivity index (χ4v) is 1.88. The number of carbonyl (C=O) groups excluding carboxylic acids is 1. The van der Waals surface area contributed by atoms with Gasteiger partial charge in [-0.3, -0.25) is 9.78 Å². The van der Waals surface area contributed by atoms with Crippen LogP contribution in [0.15, 0.2) is 36.5 Å². The standard InChI is InChI=1S/C15H18N4O/c1-10-4-3-7-18-14(10)9-19-13-8-11(15(20)17-2)5-6-12(13)16/h3-8,19H,9,16H2,1-2H3,(H,17,20). The van der Waals surface area contributed by atoms with Gasteiger partial charge in [-0.1, -0.05) is 6.07 Å². The van der Waals surface area contributed by atoms with Gasteiger partial charge in [-0.15, -0.1) is 0 Å². The molecule has 0 aliphatic carbocycles. The smallest absolute Gasteiger partial charge is 0.251 e. The summed E-state index contributed by atoms with van der Waals surface area (Å²) in [6, 6.07) is 9.07. The average molecular weight is 270 g/mol. The van der Waals surface area contributed by atoms with Gasteiger partial charge < -0.3 is 16.4 Å².